The number of nitrogens with zero attached hydrogens (tertiary/aromatic N) is 1. The summed E-state index contributed by atoms with van der Waals surface area (Å²) in [5, 5.41) is 5.53. The van der Waals surface area contributed by atoms with Gasteiger partial charge in [0.2, 0.25) is 0 Å². The summed E-state index contributed by atoms with van der Waals surface area (Å²) in [6.07, 6.45) is 0. The lowest BCUT2D eigenvalue weighted by Crippen LogP contribution is -2.41. The number of halogens is 1. The SMILES string of the molecule is COCCN=C1NC(=O)C(C)(c2ccccc2F)N1. The second kappa shape index (κ2) is 5.36. The lowest BCUT2D eigenvalue weighted by Gasteiger charge is -2.22. The van der Waals surface area contributed by atoms with E-state index >= 15 is 0 Å². The number of carbonyl (C=O) groups excluding carboxylic acids is 1. The molecule has 1 aromatic carbocycles. The van der Waals surface area contributed by atoms with Gasteiger partial charge in [0.25, 0.3) is 5.91 Å². The molecule has 0 aliphatic carbocycles. The molecule has 1 aliphatic heterocycles. The molecule has 1 aromatic rings. The Labute approximate surface area is 110 Å². The molecule has 0 spiro atoms. The number of amides is 1. The van der Waals surface area contributed by atoms with E-state index in [-0.39, 0.29) is 5.91 Å². The summed E-state index contributed by atoms with van der Waals surface area (Å²) in [6, 6.07) is 6.19. The van der Waals surface area contributed by atoms with Crippen LogP contribution >= 0.6 is 0 Å². The van der Waals surface area contributed by atoms with E-state index in [0.717, 1.165) is 0 Å². The quantitative estimate of drug-likeness (QED) is 0.790. The fourth-order valence-corrected chi connectivity index (χ4v) is 1.94. The van der Waals surface area contributed by atoms with Crippen LogP contribution in [0, 0.1) is 5.82 Å². The van der Waals surface area contributed by atoms with Crippen molar-refractivity contribution in [2.24, 2.45) is 4.99 Å². The average Bonchev–Trinajstić information content (AvgIpc) is 2.67. The molecule has 1 aliphatic rings. The molecule has 102 valence electrons. The molecule has 1 heterocycles. The van der Waals surface area contributed by atoms with Crippen molar-refractivity contribution in [1.29, 1.82) is 0 Å². The van der Waals surface area contributed by atoms with Crippen LogP contribution in [0.25, 0.3) is 0 Å². The largest absolute Gasteiger partial charge is 0.383 e. The van der Waals surface area contributed by atoms with E-state index in [2.05, 4.69) is 15.6 Å². The summed E-state index contributed by atoms with van der Waals surface area (Å²) in [5.74, 6) is -0.410. The van der Waals surface area contributed by atoms with E-state index in [1.165, 1.54) is 6.07 Å². The van der Waals surface area contributed by atoms with Crippen molar-refractivity contribution in [1.82, 2.24) is 10.6 Å². The number of rotatable bonds is 4. The van der Waals surface area contributed by atoms with E-state index in [0.29, 0.717) is 24.7 Å². The minimum absolute atomic E-state index is 0.296. The van der Waals surface area contributed by atoms with Crippen molar-refractivity contribution in [2.45, 2.75) is 12.5 Å². The Balaban J connectivity index is 2.23. The Bertz CT molecular complexity index is 518. The Morgan fingerprint density at radius 2 is 2.16 bits per heavy atom. The van der Waals surface area contributed by atoms with E-state index in [1.54, 1.807) is 32.2 Å². The summed E-state index contributed by atoms with van der Waals surface area (Å²) in [4.78, 5) is 16.2. The molecule has 1 fully saturated rings. The third-order valence-corrected chi connectivity index (χ3v) is 3.03. The van der Waals surface area contributed by atoms with Crippen LogP contribution in [0.2, 0.25) is 0 Å². The predicted molar refractivity (Wildman–Crippen MR) is 69.2 cm³/mol. The third-order valence-electron chi connectivity index (χ3n) is 3.03. The van der Waals surface area contributed by atoms with Crippen LogP contribution in [0.4, 0.5) is 4.39 Å². The highest BCUT2D eigenvalue weighted by Crippen LogP contribution is 2.26. The first-order valence-electron chi connectivity index (χ1n) is 5.96. The van der Waals surface area contributed by atoms with Gasteiger partial charge in [0, 0.05) is 12.7 Å². The third kappa shape index (κ3) is 2.58. The van der Waals surface area contributed by atoms with Crippen molar-refractivity contribution in [2.75, 3.05) is 20.3 Å². The molecule has 2 rings (SSSR count). The molecule has 19 heavy (non-hydrogen) atoms. The zero-order valence-electron chi connectivity index (χ0n) is 10.9. The van der Waals surface area contributed by atoms with Gasteiger partial charge < -0.3 is 10.1 Å². The van der Waals surface area contributed by atoms with Gasteiger partial charge in [-0.05, 0) is 13.0 Å². The second-order valence-corrected chi connectivity index (χ2v) is 4.41. The van der Waals surface area contributed by atoms with Crippen LogP contribution in [-0.2, 0) is 15.1 Å². The molecule has 5 nitrogen and oxygen atoms in total. The van der Waals surface area contributed by atoms with Crippen molar-refractivity contribution >= 4 is 11.9 Å². The maximum absolute atomic E-state index is 13.8. The average molecular weight is 265 g/mol. The Morgan fingerprint density at radius 3 is 2.84 bits per heavy atom. The first-order chi connectivity index (χ1) is 9.08. The number of nitrogens with one attached hydrogen (secondary N) is 2. The lowest BCUT2D eigenvalue weighted by molar-refractivity contribution is -0.123. The van der Waals surface area contributed by atoms with Crippen LogP contribution in [0.15, 0.2) is 29.3 Å². The summed E-state index contributed by atoms with van der Waals surface area (Å²) in [5.41, 5.74) is -0.846. The van der Waals surface area contributed by atoms with Gasteiger partial charge in [-0.3, -0.25) is 15.1 Å². The number of carbonyl (C=O) groups is 1. The van der Waals surface area contributed by atoms with Crippen LogP contribution in [0.1, 0.15) is 12.5 Å². The van der Waals surface area contributed by atoms with E-state index in [4.69, 9.17) is 4.74 Å². The Hall–Kier alpha value is -1.95. The highest BCUT2D eigenvalue weighted by atomic mass is 19.1. The Morgan fingerprint density at radius 1 is 1.42 bits per heavy atom. The number of ether oxygens (including phenoxy) is 1. The summed E-state index contributed by atoms with van der Waals surface area (Å²) in [6.45, 7) is 2.50. The molecule has 2 N–H and O–H groups in total. The molecule has 1 amide bonds. The van der Waals surface area contributed by atoms with Crippen LogP contribution in [-0.4, -0.2) is 32.1 Å². The van der Waals surface area contributed by atoms with Crippen molar-refractivity contribution in [3.63, 3.8) is 0 Å². The van der Waals surface area contributed by atoms with E-state index < -0.39 is 11.4 Å². The molecule has 6 heteroatoms. The normalized spacial score (nSPS) is 24.4. The molecular weight excluding hydrogens is 249 g/mol. The number of aliphatic imine (C=N–C) groups is 1. The smallest absolute Gasteiger partial charge is 0.256 e. The molecule has 1 unspecified atom stereocenters. The molecular formula is C13H16FN3O2. The molecule has 1 atom stereocenters. The molecule has 0 radical (unpaired) electrons. The topological polar surface area (TPSA) is 62.7 Å². The van der Waals surface area contributed by atoms with Gasteiger partial charge in [-0.15, -0.1) is 0 Å². The molecule has 0 bridgehead atoms. The Kier molecular flexibility index (Phi) is 3.80. The van der Waals surface area contributed by atoms with Gasteiger partial charge in [0.15, 0.2) is 5.96 Å². The van der Waals surface area contributed by atoms with Gasteiger partial charge in [-0.1, -0.05) is 18.2 Å². The van der Waals surface area contributed by atoms with E-state index in [1.807, 2.05) is 0 Å². The van der Waals surface area contributed by atoms with Gasteiger partial charge in [-0.2, -0.15) is 0 Å². The summed E-state index contributed by atoms with van der Waals surface area (Å²) >= 11 is 0. The number of guanidine groups is 1. The van der Waals surface area contributed by atoms with Crippen LogP contribution in [0.5, 0.6) is 0 Å². The molecule has 0 aromatic heterocycles. The number of benzene rings is 1. The standard InChI is InChI=1S/C13H16FN3O2/c1-13(9-5-3-4-6-10(9)14)11(18)16-12(17-13)15-7-8-19-2/h3-6H,7-8H2,1-2H3,(H2,15,16,17,18). The monoisotopic (exact) mass is 265 g/mol. The molecule has 0 saturated carbocycles. The second-order valence-electron chi connectivity index (χ2n) is 4.41. The van der Waals surface area contributed by atoms with Crippen LogP contribution < -0.4 is 10.6 Å². The first-order valence-corrected chi connectivity index (χ1v) is 5.96. The summed E-state index contributed by atoms with van der Waals surface area (Å²) in [7, 11) is 1.57. The summed E-state index contributed by atoms with van der Waals surface area (Å²) < 4.78 is 18.7. The highest BCUT2D eigenvalue weighted by Gasteiger charge is 2.43. The number of methoxy groups -OCH3 is 1. The maximum atomic E-state index is 13.8. The predicted octanol–water partition coefficient (Wildman–Crippen LogP) is 0.763. The van der Waals surface area contributed by atoms with Crippen LogP contribution in [0.3, 0.4) is 0 Å². The lowest BCUT2D eigenvalue weighted by atomic mass is 9.92. The zero-order valence-corrected chi connectivity index (χ0v) is 10.9. The molecule has 1 saturated heterocycles. The number of hydrogen-bond acceptors (Lipinski definition) is 3. The van der Waals surface area contributed by atoms with Crippen molar-refractivity contribution < 1.29 is 13.9 Å². The fraction of sp³-hybridized carbons (Fsp3) is 0.385. The minimum atomic E-state index is -1.14. The maximum Gasteiger partial charge on any atom is 0.256 e. The number of hydrogen-bond donors (Lipinski definition) is 2. The minimum Gasteiger partial charge on any atom is -0.383 e. The van der Waals surface area contributed by atoms with Gasteiger partial charge >= 0.3 is 0 Å². The van der Waals surface area contributed by atoms with Gasteiger partial charge in [-0.25, -0.2) is 4.39 Å². The van der Waals surface area contributed by atoms with Crippen molar-refractivity contribution in [3.05, 3.63) is 35.6 Å². The van der Waals surface area contributed by atoms with Gasteiger partial charge in [0.1, 0.15) is 11.4 Å². The van der Waals surface area contributed by atoms with Gasteiger partial charge in [0.05, 0.1) is 13.2 Å². The highest BCUT2D eigenvalue weighted by molar-refractivity contribution is 6.09. The fourth-order valence-electron chi connectivity index (χ4n) is 1.94. The first kappa shape index (κ1) is 13.5. The van der Waals surface area contributed by atoms with Crippen molar-refractivity contribution in [3.8, 4) is 0 Å². The zero-order chi connectivity index (χ0) is 13.9. The van der Waals surface area contributed by atoms with E-state index in [9.17, 15) is 9.18 Å².